The molecule has 1 amide bonds. The maximum Gasteiger partial charge on any atom is 0.221 e. The molecule has 4 nitrogen and oxygen atoms in total. The van der Waals surface area contributed by atoms with Crippen molar-refractivity contribution in [3.63, 3.8) is 0 Å². The molecule has 1 atom stereocenters. The minimum absolute atomic E-state index is 0.177. The molecular formula is C17H32N2O2. The highest BCUT2D eigenvalue weighted by Gasteiger charge is 2.32. The smallest absolute Gasteiger partial charge is 0.221 e. The van der Waals surface area contributed by atoms with E-state index in [1.165, 1.54) is 19.3 Å². The Labute approximate surface area is 129 Å². The quantitative estimate of drug-likeness (QED) is 0.819. The summed E-state index contributed by atoms with van der Waals surface area (Å²) in [6.45, 7) is 9.32. The van der Waals surface area contributed by atoms with Gasteiger partial charge in [-0.1, -0.05) is 27.2 Å². The molecule has 0 radical (unpaired) electrons. The lowest BCUT2D eigenvalue weighted by molar-refractivity contribution is -0.123. The number of carbonyl (C=O) groups is 1. The minimum atomic E-state index is 0.177. The van der Waals surface area contributed by atoms with Crippen molar-refractivity contribution in [1.82, 2.24) is 10.6 Å². The molecule has 0 aromatic heterocycles. The molecule has 0 bridgehead atoms. The van der Waals surface area contributed by atoms with E-state index in [1.54, 1.807) is 0 Å². The van der Waals surface area contributed by atoms with Gasteiger partial charge in [0.2, 0.25) is 5.91 Å². The first-order valence-corrected chi connectivity index (χ1v) is 8.61. The van der Waals surface area contributed by atoms with Crippen LogP contribution in [-0.2, 0) is 9.53 Å². The molecule has 2 aliphatic rings. The predicted octanol–water partition coefficient (Wildman–Crippen LogP) is 2.48. The molecule has 2 fully saturated rings. The zero-order chi connectivity index (χ0) is 15.3. The highest BCUT2D eigenvalue weighted by molar-refractivity contribution is 5.76. The fraction of sp³-hybridized carbons (Fsp3) is 0.941. The topological polar surface area (TPSA) is 50.4 Å². The second kappa shape index (κ2) is 7.59. The maximum absolute atomic E-state index is 12.1. The van der Waals surface area contributed by atoms with Crippen molar-refractivity contribution < 1.29 is 9.53 Å². The molecule has 2 N–H and O–H groups in total. The van der Waals surface area contributed by atoms with Crippen LogP contribution in [0.5, 0.6) is 0 Å². The summed E-state index contributed by atoms with van der Waals surface area (Å²) in [6.07, 6.45) is 6.54. The van der Waals surface area contributed by atoms with Gasteiger partial charge in [0.15, 0.2) is 0 Å². The van der Waals surface area contributed by atoms with Crippen LogP contribution in [0.1, 0.15) is 59.3 Å². The largest absolute Gasteiger partial charge is 0.378 e. The van der Waals surface area contributed by atoms with Crippen molar-refractivity contribution in [3.05, 3.63) is 0 Å². The summed E-state index contributed by atoms with van der Waals surface area (Å²) >= 11 is 0. The molecular weight excluding hydrogens is 264 g/mol. The summed E-state index contributed by atoms with van der Waals surface area (Å²) in [6, 6.07) is 0.569. The molecule has 122 valence electrons. The second-order valence-corrected chi connectivity index (χ2v) is 7.39. The molecule has 4 heteroatoms. The van der Waals surface area contributed by atoms with Crippen LogP contribution in [0.4, 0.5) is 0 Å². The molecule has 1 heterocycles. The summed E-state index contributed by atoms with van der Waals surface area (Å²) in [7, 11) is 0. The number of hydrogen-bond donors (Lipinski definition) is 2. The SMILES string of the molecule is CCC(C)(C)C1CCC(NC(=O)CC2COCCN2)CC1. The minimum Gasteiger partial charge on any atom is -0.378 e. The first kappa shape index (κ1) is 16.8. The van der Waals surface area contributed by atoms with Crippen LogP contribution in [0.15, 0.2) is 0 Å². The van der Waals surface area contributed by atoms with Gasteiger partial charge in [-0.05, 0) is 37.0 Å². The highest BCUT2D eigenvalue weighted by atomic mass is 16.5. The predicted molar refractivity (Wildman–Crippen MR) is 85.2 cm³/mol. The fourth-order valence-corrected chi connectivity index (χ4v) is 3.57. The summed E-state index contributed by atoms with van der Waals surface area (Å²) in [4.78, 5) is 12.1. The molecule has 21 heavy (non-hydrogen) atoms. The standard InChI is InChI=1S/C17H32N2O2/c1-4-17(2,3)13-5-7-14(8-6-13)19-16(20)11-15-12-21-10-9-18-15/h13-15,18H,4-12H2,1-3H3,(H,19,20). The van der Waals surface area contributed by atoms with E-state index in [-0.39, 0.29) is 11.9 Å². The number of hydrogen-bond acceptors (Lipinski definition) is 3. The van der Waals surface area contributed by atoms with Gasteiger partial charge in [0.05, 0.1) is 13.2 Å². The van der Waals surface area contributed by atoms with Crippen LogP contribution in [0.3, 0.4) is 0 Å². The summed E-state index contributed by atoms with van der Waals surface area (Å²) < 4.78 is 5.39. The maximum atomic E-state index is 12.1. The molecule has 0 aromatic rings. The average molecular weight is 296 g/mol. The van der Waals surface area contributed by atoms with Crippen molar-refractivity contribution in [3.8, 4) is 0 Å². The Balaban J connectivity index is 1.69. The van der Waals surface area contributed by atoms with Crippen molar-refractivity contribution >= 4 is 5.91 Å². The van der Waals surface area contributed by atoms with Crippen molar-refractivity contribution in [2.45, 2.75) is 71.4 Å². The lowest BCUT2D eigenvalue weighted by Crippen LogP contribution is -2.46. The Kier molecular flexibility index (Phi) is 6.06. The van der Waals surface area contributed by atoms with Gasteiger partial charge in [-0.2, -0.15) is 0 Å². The fourth-order valence-electron chi connectivity index (χ4n) is 3.57. The van der Waals surface area contributed by atoms with Crippen molar-refractivity contribution in [1.29, 1.82) is 0 Å². The van der Waals surface area contributed by atoms with Crippen LogP contribution in [-0.4, -0.2) is 37.7 Å². The third kappa shape index (κ3) is 4.96. The Morgan fingerprint density at radius 3 is 2.57 bits per heavy atom. The lowest BCUT2D eigenvalue weighted by Gasteiger charge is -2.39. The monoisotopic (exact) mass is 296 g/mol. The van der Waals surface area contributed by atoms with Gasteiger partial charge in [0, 0.05) is 25.0 Å². The molecule has 1 saturated heterocycles. The van der Waals surface area contributed by atoms with E-state index in [1.807, 2.05) is 0 Å². The zero-order valence-electron chi connectivity index (χ0n) is 13.9. The van der Waals surface area contributed by atoms with E-state index in [0.29, 0.717) is 24.5 Å². The molecule has 1 saturated carbocycles. The van der Waals surface area contributed by atoms with Gasteiger partial charge in [0.25, 0.3) is 0 Å². The molecule has 2 rings (SSSR count). The molecule has 1 aliphatic heterocycles. The number of rotatable bonds is 5. The van der Waals surface area contributed by atoms with Gasteiger partial charge < -0.3 is 15.4 Å². The normalized spacial score (nSPS) is 30.9. The Bertz CT molecular complexity index is 330. The molecule has 1 aliphatic carbocycles. The average Bonchev–Trinajstić information content (AvgIpc) is 2.48. The van der Waals surface area contributed by atoms with Gasteiger partial charge >= 0.3 is 0 Å². The number of ether oxygens (including phenoxy) is 1. The highest BCUT2D eigenvalue weighted by Crippen LogP contribution is 2.40. The number of carbonyl (C=O) groups excluding carboxylic acids is 1. The summed E-state index contributed by atoms with van der Waals surface area (Å²) in [5, 5.41) is 6.56. The van der Waals surface area contributed by atoms with Crippen LogP contribution in [0.2, 0.25) is 0 Å². The summed E-state index contributed by atoms with van der Waals surface area (Å²) in [5.74, 6) is 0.986. The van der Waals surface area contributed by atoms with Gasteiger partial charge in [0.1, 0.15) is 0 Å². The van der Waals surface area contributed by atoms with E-state index in [4.69, 9.17) is 4.74 Å². The number of amides is 1. The second-order valence-electron chi connectivity index (χ2n) is 7.39. The summed E-state index contributed by atoms with van der Waals surface area (Å²) in [5.41, 5.74) is 0.443. The van der Waals surface area contributed by atoms with Crippen LogP contribution >= 0.6 is 0 Å². The Morgan fingerprint density at radius 1 is 1.29 bits per heavy atom. The van der Waals surface area contributed by atoms with E-state index in [2.05, 4.69) is 31.4 Å². The van der Waals surface area contributed by atoms with Gasteiger partial charge in [-0.25, -0.2) is 0 Å². The van der Waals surface area contributed by atoms with E-state index in [0.717, 1.165) is 31.9 Å². The third-order valence-corrected chi connectivity index (χ3v) is 5.54. The number of nitrogens with one attached hydrogen (secondary N) is 2. The number of morpholine rings is 1. The van der Waals surface area contributed by atoms with Crippen LogP contribution in [0, 0.1) is 11.3 Å². The molecule has 0 spiro atoms. The third-order valence-electron chi connectivity index (χ3n) is 5.54. The lowest BCUT2D eigenvalue weighted by atomic mass is 9.69. The van der Waals surface area contributed by atoms with Crippen molar-refractivity contribution in [2.75, 3.05) is 19.8 Å². The van der Waals surface area contributed by atoms with E-state index < -0.39 is 0 Å². The van der Waals surface area contributed by atoms with Crippen molar-refractivity contribution in [2.24, 2.45) is 11.3 Å². The van der Waals surface area contributed by atoms with Crippen LogP contribution < -0.4 is 10.6 Å². The first-order valence-electron chi connectivity index (χ1n) is 8.61. The Hall–Kier alpha value is -0.610. The van der Waals surface area contributed by atoms with E-state index >= 15 is 0 Å². The molecule has 0 aromatic carbocycles. The zero-order valence-corrected chi connectivity index (χ0v) is 13.9. The van der Waals surface area contributed by atoms with Gasteiger partial charge in [-0.15, -0.1) is 0 Å². The van der Waals surface area contributed by atoms with Crippen LogP contribution in [0.25, 0.3) is 0 Å². The van der Waals surface area contributed by atoms with Gasteiger partial charge in [-0.3, -0.25) is 4.79 Å². The molecule has 1 unspecified atom stereocenters. The first-order chi connectivity index (χ1) is 10.0. The van der Waals surface area contributed by atoms with E-state index in [9.17, 15) is 4.79 Å². The Morgan fingerprint density at radius 2 is 2.00 bits per heavy atom.